The van der Waals surface area contributed by atoms with E-state index in [-0.39, 0.29) is 17.7 Å². The van der Waals surface area contributed by atoms with E-state index >= 15 is 0 Å². The van der Waals surface area contributed by atoms with Crippen LogP contribution in [-0.2, 0) is 22.6 Å². The Bertz CT molecular complexity index is 963. The summed E-state index contributed by atoms with van der Waals surface area (Å²) in [6, 6.07) is 8.78. The Balaban J connectivity index is 1.18. The van der Waals surface area contributed by atoms with Crippen molar-refractivity contribution in [2.45, 2.75) is 39.3 Å². The minimum Gasteiger partial charge on any atom is -0.339 e. The van der Waals surface area contributed by atoms with Gasteiger partial charge in [0, 0.05) is 55.8 Å². The zero-order valence-electron chi connectivity index (χ0n) is 17.1. The normalized spacial score (nSPS) is 22.7. The third kappa shape index (κ3) is 3.38. The molecule has 3 aliphatic heterocycles. The molecule has 3 aliphatic rings. The van der Waals surface area contributed by atoms with Crippen molar-refractivity contribution in [2.75, 3.05) is 31.1 Å². The Morgan fingerprint density at radius 2 is 1.93 bits per heavy atom. The number of nitrogens with zero attached hydrogens (tertiary/aromatic N) is 3. The van der Waals surface area contributed by atoms with Crippen molar-refractivity contribution < 1.29 is 9.59 Å². The van der Waals surface area contributed by atoms with Crippen molar-refractivity contribution in [2.24, 2.45) is 5.92 Å². The highest BCUT2D eigenvalue weighted by Gasteiger charge is 2.42. The van der Waals surface area contributed by atoms with Crippen molar-refractivity contribution in [3.8, 4) is 0 Å². The number of fused-ring (bicyclic) bond motifs is 1. The summed E-state index contributed by atoms with van der Waals surface area (Å²) in [6.45, 7) is 8.32. The number of hydrogen-bond donors (Lipinski definition) is 0. The second-order valence-corrected chi connectivity index (χ2v) is 9.66. The second kappa shape index (κ2) is 7.26. The Kier molecular flexibility index (Phi) is 4.71. The van der Waals surface area contributed by atoms with Crippen molar-refractivity contribution >= 4 is 28.8 Å². The van der Waals surface area contributed by atoms with Crippen molar-refractivity contribution in [1.29, 1.82) is 0 Å². The number of likely N-dealkylation sites (tertiary alicyclic amines) is 1. The van der Waals surface area contributed by atoms with E-state index in [4.69, 9.17) is 0 Å². The molecule has 0 spiro atoms. The maximum Gasteiger partial charge on any atom is 0.228 e. The van der Waals surface area contributed by atoms with Gasteiger partial charge >= 0.3 is 0 Å². The summed E-state index contributed by atoms with van der Waals surface area (Å²) < 4.78 is 0. The molecule has 5 nitrogen and oxygen atoms in total. The molecule has 2 saturated heterocycles. The van der Waals surface area contributed by atoms with Crippen LogP contribution in [0, 0.1) is 19.8 Å². The maximum absolute atomic E-state index is 13.0. The van der Waals surface area contributed by atoms with Crippen molar-refractivity contribution in [3.63, 3.8) is 0 Å². The summed E-state index contributed by atoms with van der Waals surface area (Å²) >= 11 is 1.86. The Morgan fingerprint density at radius 3 is 2.72 bits per heavy atom. The number of anilines is 1. The van der Waals surface area contributed by atoms with E-state index in [2.05, 4.69) is 36.3 Å². The van der Waals surface area contributed by atoms with Crippen LogP contribution in [0.1, 0.15) is 28.0 Å². The zero-order valence-corrected chi connectivity index (χ0v) is 17.9. The lowest BCUT2D eigenvalue weighted by atomic mass is 9.99. The predicted molar refractivity (Wildman–Crippen MR) is 115 cm³/mol. The van der Waals surface area contributed by atoms with E-state index < -0.39 is 0 Å². The highest BCUT2D eigenvalue weighted by molar-refractivity contribution is 7.10. The first-order valence-corrected chi connectivity index (χ1v) is 11.3. The molecule has 0 N–H and O–H groups in total. The molecule has 0 saturated carbocycles. The fourth-order valence-corrected chi connectivity index (χ4v) is 5.61. The minimum atomic E-state index is -0.213. The van der Waals surface area contributed by atoms with Crippen LogP contribution in [0.25, 0.3) is 0 Å². The third-order valence-electron chi connectivity index (χ3n) is 6.80. The van der Waals surface area contributed by atoms with Gasteiger partial charge in [0.1, 0.15) is 0 Å². The molecule has 2 aromatic rings. The van der Waals surface area contributed by atoms with Gasteiger partial charge in [-0.3, -0.25) is 14.5 Å². The molecule has 0 radical (unpaired) electrons. The predicted octanol–water partition coefficient (Wildman–Crippen LogP) is 2.99. The van der Waals surface area contributed by atoms with Crippen LogP contribution in [-0.4, -0.2) is 53.8 Å². The number of rotatable bonds is 3. The van der Waals surface area contributed by atoms with Crippen molar-refractivity contribution in [1.82, 2.24) is 9.80 Å². The zero-order chi connectivity index (χ0) is 20.1. The summed E-state index contributed by atoms with van der Waals surface area (Å²) in [5, 5.41) is 2.18. The molecule has 0 bridgehead atoms. The average molecular weight is 410 g/mol. The molecular weight excluding hydrogens is 382 g/mol. The van der Waals surface area contributed by atoms with Crippen LogP contribution in [0.4, 0.5) is 5.69 Å². The van der Waals surface area contributed by atoms with Gasteiger partial charge in [0.15, 0.2) is 0 Å². The summed E-state index contributed by atoms with van der Waals surface area (Å²) in [4.78, 5) is 33.3. The van der Waals surface area contributed by atoms with Crippen LogP contribution in [0.15, 0.2) is 29.6 Å². The van der Waals surface area contributed by atoms with Crippen LogP contribution in [0.5, 0.6) is 0 Å². The molecule has 1 aromatic heterocycles. The number of carbonyl (C=O) groups excluding carboxylic acids is 2. The van der Waals surface area contributed by atoms with E-state index in [1.165, 1.54) is 21.6 Å². The Morgan fingerprint density at radius 1 is 1.10 bits per heavy atom. The number of amides is 2. The van der Waals surface area contributed by atoms with Crippen LogP contribution in [0.3, 0.4) is 0 Å². The summed E-state index contributed by atoms with van der Waals surface area (Å²) in [5.41, 5.74) is 4.75. The van der Waals surface area contributed by atoms with E-state index in [0.717, 1.165) is 38.3 Å². The topological polar surface area (TPSA) is 43.9 Å². The molecular formula is C23H27N3O2S. The highest BCUT2D eigenvalue weighted by Crippen LogP contribution is 2.31. The molecule has 2 fully saturated rings. The standard InChI is InChI=1S/C23H27N3O2S/c1-15-3-4-19(9-16(15)2)26-12-18(10-22(26)27)23(28)25-13-20(14-25)24-7-5-21-17(11-24)6-8-29-21/h3-4,6,8-9,18,20H,5,7,10-14H2,1-2H3. The monoisotopic (exact) mass is 409 g/mol. The molecule has 4 heterocycles. The Hall–Kier alpha value is -2.18. The second-order valence-electron chi connectivity index (χ2n) is 8.66. The quantitative estimate of drug-likeness (QED) is 0.783. The van der Waals surface area contributed by atoms with E-state index in [0.29, 0.717) is 19.0 Å². The van der Waals surface area contributed by atoms with Crippen LogP contribution in [0.2, 0.25) is 0 Å². The largest absolute Gasteiger partial charge is 0.339 e. The van der Waals surface area contributed by atoms with E-state index in [9.17, 15) is 9.59 Å². The average Bonchev–Trinajstić information content (AvgIpc) is 3.29. The minimum absolute atomic E-state index is 0.0599. The number of thiophene rings is 1. The van der Waals surface area contributed by atoms with E-state index in [1.54, 1.807) is 4.90 Å². The van der Waals surface area contributed by atoms with Gasteiger partial charge in [-0.25, -0.2) is 0 Å². The smallest absolute Gasteiger partial charge is 0.228 e. The van der Waals surface area contributed by atoms with Gasteiger partial charge in [0.2, 0.25) is 11.8 Å². The summed E-state index contributed by atoms with van der Waals surface area (Å²) in [6.07, 6.45) is 1.45. The van der Waals surface area contributed by atoms with Gasteiger partial charge in [-0.2, -0.15) is 0 Å². The van der Waals surface area contributed by atoms with Crippen LogP contribution >= 0.6 is 11.3 Å². The first-order valence-electron chi connectivity index (χ1n) is 10.5. The molecule has 2 amide bonds. The number of benzene rings is 1. The van der Waals surface area contributed by atoms with Crippen molar-refractivity contribution in [3.05, 3.63) is 51.2 Å². The van der Waals surface area contributed by atoms with Gasteiger partial charge in [-0.1, -0.05) is 6.07 Å². The van der Waals surface area contributed by atoms with Gasteiger partial charge < -0.3 is 9.80 Å². The molecule has 1 aromatic carbocycles. The molecule has 29 heavy (non-hydrogen) atoms. The first-order chi connectivity index (χ1) is 14.0. The molecule has 5 rings (SSSR count). The summed E-state index contributed by atoms with van der Waals surface area (Å²) in [5.74, 6) is -0.00579. The van der Waals surface area contributed by atoms with E-state index in [1.807, 2.05) is 28.4 Å². The lowest BCUT2D eigenvalue weighted by molar-refractivity contribution is -0.143. The van der Waals surface area contributed by atoms with Gasteiger partial charge in [-0.15, -0.1) is 11.3 Å². The molecule has 1 unspecified atom stereocenters. The number of carbonyl (C=O) groups is 2. The number of aryl methyl sites for hydroxylation is 2. The molecule has 6 heteroatoms. The molecule has 152 valence electrons. The van der Waals surface area contributed by atoms with Gasteiger partial charge in [0.05, 0.1) is 5.92 Å². The fourth-order valence-electron chi connectivity index (χ4n) is 4.72. The maximum atomic E-state index is 13.0. The lowest BCUT2D eigenvalue weighted by Crippen LogP contribution is -2.62. The SMILES string of the molecule is Cc1ccc(N2CC(C(=O)N3CC(N4CCc5sccc5C4)C3)CC2=O)cc1C. The summed E-state index contributed by atoms with van der Waals surface area (Å²) in [7, 11) is 0. The number of hydrogen-bond acceptors (Lipinski definition) is 4. The first kappa shape index (κ1) is 18.8. The van der Waals surface area contributed by atoms with Gasteiger partial charge in [0.25, 0.3) is 0 Å². The lowest BCUT2D eigenvalue weighted by Gasteiger charge is -2.47. The molecule has 1 atom stereocenters. The fraction of sp³-hybridized carbons (Fsp3) is 0.478. The van der Waals surface area contributed by atoms with Crippen LogP contribution < -0.4 is 4.90 Å². The molecule has 0 aliphatic carbocycles. The highest BCUT2D eigenvalue weighted by atomic mass is 32.1. The third-order valence-corrected chi connectivity index (χ3v) is 7.83. The van der Waals surface area contributed by atoms with Gasteiger partial charge in [-0.05, 0) is 60.5 Å². The Labute approximate surface area is 175 Å².